The van der Waals surface area contributed by atoms with Gasteiger partial charge < -0.3 is 4.90 Å². The van der Waals surface area contributed by atoms with Gasteiger partial charge in [0.2, 0.25) is 0 Å². The zero-order chi connectivity index (χ0) is 34.7. The zero-order valence-corrected chi connectivity index (χ0v) is 30.6. The molecule has 5 saturated carbocycles. The molecule has 0 aromatic heterocycles. The monoisotopic (exact) mass is 685 g/mol. The van der Waals surface area contributed by atoms with Gasteiger partial charge in [0.1, 0.15) is 0 Å². The summed E-state index contributed by atoms with van der Waals surface area (Å²) in [6.45, 7) is 0. The normalized spacial score (nSPS) is 26.3. The molecule has 13 rings (SSSR count). The number of fused-ring (bicyclic) bond motifs is 9. The van der Waals surface area contributed by atoms with E-state index < -0.39 is 0 Å². The maximum atomic E-state index is 2.67. The van der Waals surface area contributed by atoms with E-state index >= 15 is 0 Å². The van der Waals surface area contributed by atoms with Gasteiger partial charge in [0.05, 0.1) is 0 Å². The van der Waals surface area contributed by atoms with Crippen LogP contribution < -0.4 is 4.90 Å². The van der Waals surface area contributed by atoms with E-state index in [1.807, 2.05) is 0 Å². The van der Waals surface area contributed by atoms with E-state index in [0.717, 1.165) is 23.7 Å². The van der Waals surface area contributed by atoms with Crippen molar-refractivity contribution in [2.75, 3.05) is 4.90 Å². The van der Waals surface area contributed by atoms with Crippen molar-refractivity contribution >= 4 is 17.1 Å². The maximum absolute atomic E-state index is 2.67. The number of rotatable bonds is 4. The Bertz CT molecular complexity index is 2390. The van der Waals surface area contributed by atoms with Crippen LogP contribution in [-0.2, 0) is 10.8 Å². The first-order valence-corrected chi connectivity index (χ1v) is 20.7. The largest absolute Gasteiger partial charge is 0.310 e. The lowest BCUT2D eigenvalue weighted by Gasteiger charge is -2.53. The lowest BCUT2D eigenvalue weighted by atomic mass is 9.51. The molecule has 0 radical (unpaired) electrons. The molecule has 5 unspecified atom stereocenters. The van der Waals surface area contributed by atoms with Crippen LogP contribution in [0.25, 0.3) is 33.4 Å². The van der Waals surface area contributed by atoms with Crippen molar-refractivity contribution in [3.63, 3.8) is 0 Å². The predicted molar refractivity (Wildman–Crippen MR) is 219 cm³/mol. The minimum Gasteiger partial charge on any atom is -0.310 e. The Morgan fingerprint density at radius 3 is 1.85 bits per heavy atom. The summed E-state index contributed by atoms with van der Waals surface area (Å²) in [5.41, 5.74) is 18.8. The van der Waals surface area contributed by atoms with Gasteiger partial charge in [-0.25, -0.2) is 0 Å². The first kappa shape index (κ1) is 30.6. The lowest BCUT2D eigenvalue weighted by molar-refractivity contribution is 0.0618. The summed E-state index contributed by atoms with van der Waals surface area (Å²) in [7, 11) is 0. The predicted octanol–water partition coefficient (Wildman–Crippen LogP) is 13.8. The van der Waals surface area contributed by atoms with Crippen LogP contribution in [0.2, 0.25) is 0 Å². The molecular formula is C52H47N. The van der Waals surface area contributed by atoms with Crippen LogP contribution in [0, 0.1) is 23.7 Å². The molecule has 7 aliphatic carbocycles. The third kappa shape index (κ3) is 4.20. The van der Waals surface area contributed by atoms with Crippen LogP contribution in [-0.4, -0.2) is 0 Å². The summed E-state index contributed by atoms with van der Waals surface area (Å²) in [6, 6.07) is 54.1. The Hall–Kier alpha value is -4.88. The average molecular weight is 686 g/mol. The molecule has 0 heterocycles. The van der Waals surface area contributed by atoms with E-state index in [1.165, 1.54) is 115 Å². The molecule has 1 heteroatoms. The Balaban J connectivity index is 1.06. The topological polar surface area (TPSA) is 3.24 Å². The summed E-state index contributed by atoms with van der Waals surface area (Å²) in [5.74, 6) is 3.31. The van der Waals surface area contributed by atoms with E-state index in [-0.39, 0.29) is 10.8 Å². The molecule has 0 amide bonds. The lowest BCUT2D eigenvalue weighted by Crippen LogP contribution is -2.48. The molecule has 260 valence electrons. The van der Waals surface area contributed by atoms with E-state index in [9.17, 15) is 0 Å². The van der Waals surface area contributed by atoms with Gasteiger partial charge >= 0.3 is 0 Å². The minimum atomic E-state index is 0.127. The third-order valence-corrected chi connectivity index (χ3v) is 15.3. The van der Waals surface area contributed by atoms with Crippen molar-refractivity contribution in [3.8, 4) is 33.4 Å². The van der Waals surface area contributed by atoms with Gasteiger partial charge in [-0.1, -0.05) is 122 Å². The summed E-state index contributed by atoms with van der Waals surface area (Å²) in [4.78, 5) is 2.58. The highest BCUT2D eigenvalue weighted by atomic mass is 15.1. The fraction of sp³-hybridized carbons (Fsp3) is 0.308. The van der Waals surface area contributed by atoms with Crippen molar-refractivity contribution in [3.05, 3.63) is 162 Å². The first-order valence-electron chi connectivity index (χ1n) is 20.7. The molecule has 6 aromatic carbocycles. The standard InChI is InChI=1S/C52H47N/c1-2-10-36(11-3-1)37-17-20-40(21-18-37)53(41-23-25-48-46(32-41)44-13-4-6-14-47(44)51(48)26-8-9-27-51)42-22-24-45-43-12-5-7-15-49(43)52(50(45)33-42)38-19-16-34-28-35(30-38)31-39(52)29-34/h1-7,10-15,17-18,20-25,32-35,38-39H,8-9,16,19,26-31H2. The van der Waals surface area contributed by atoms with Crippen LogP contribution in [0.5, 0.6) is 0 Å². The molecule has 0 saturated heterocycles. The third-order valence-electron chi connectivity index (χ3n) is 15.3. The number of hydrogen-bond acceptors (Lipinski definition) is 1. The van der Waals surface area contributed by atoms with Crippen LogP contribution in [0.4, 0.5) is 17.1 Å². The van der Waals surface area contributed by atoms with Gasteiger partial charge in [-0.15, -0.1) is 0 Å². The molecule has 6 aromatic rings. The quantitative estimate of drug-likeness (QED) is 0.179. The van der Waals surface area contributed by atoms with E-state index in [1.54, 1.807) is 22.3 Å². The Labute approximate surface area is 314 Å². The van der Waals surface area contributed by atoms with E-state index in [0.29, 0.717) is 0 Å². The van der Waals surface area contributed by atoms with Crippen molar-refractivity contribution in [1.29, 1.82) is 0 Å². The van der Waals surface area contributed by atoms with Crippen molar-refractivity contribution in [1.82, 2.24) is 0 Å². The minimum absolute atomic E-state index is 0.127. The summed E-state index contributed by atoms with van der Waals surface area (Å²) >= 11 is 0. The number of benzene rings is 6. The maximum Gasteiger partial charge on any atom is 0.0468 e. The molecule has 1 nitrogen and oxygen atoms in total. The first-order chi connectivity index (χ1) is 26.2. The Morgan fingerprint density at radius 1 is 0.415 bits per heavy atom. The second-order valence-corrected chi connectivity index (χ2v) is 17.6. The number of hydrogen-bond donors (Lipinski definition) is 0. The molecule has 5 fully saturated rings. The highest BCUT2D eigenvalue weighted by Gasteiger charge is 2.59. The van der Waals surface area contributed by atoms with Crippen molar-refractivity contribution < 1.29 is 0 Å². The molecule has 4 bridgehead atoms. The van der Waals surface area contributed by atoms with Crippen LogP contribution in [0.15, 0.2) is 140 Å². The molecule has 5 atom stereocenters. The summed E-state index contributed by atoms with van der Waals surface area (Å²) in [5, 5.41) is 0. The fourth-order valence-corrected chi connectivity index (χ4v) is 13.4. The number of anilines is 3. The second-order valence-electron chi connectivity index (χ2n) is 17.6. The molecule has 53 heavy (non-hydrogen) atoms. The molecule has 7 aliphatic rings. The Kier molecular flexibility index (Phi) is 6.53. The second kappa shape index (κ2) is 11.3. The molecule has 0 aliphatic heterocycles. The van der Waals surface area contributed by atoms with Gasteiger partial charge in [0.25, 0.3) is 0 Å². The van der Waals surface area contributed by atoms with Crippen LogP contribution in [0.3, 0.4) is 0 Å². The van der Waals surface area contributed by atoms with Crippen molar-refractivity contribution in [2.24, 2.45) is 23.7 Å². The van der Waals surface area contributed by atoms with Crippen molar-refractivity contribution in [2.45, 2.75) is 75.0 Å². The van der Waals surface area contributed by atoms with Gasteiger partial charge in [0.15, 0.2) is 0 Å². The summed E-state index contributed by atoms with van der Waals surface area (Å²) < 4.78 is 0. The van der Waals surface area contributed by atoms with Gasteiger partial charge in [-0.05, 0) is 161 Å². The number of nitrogens with zero attached hydrogens (tertiary/aromatic N) is 1. The smallest absolute Gasteiger partial charge is 0.0468 e. The average Bonchev–Trinajstić information content (AvgIpc) is 3.84. The summed E-state index contributed by atoms with van der Waals surface area (Å²) in [6.07, 6.45) is 13.7. The van der Waals surface area contributed by atoms with E-state index in [4.69, 9.17) is 0 Å². The fourth-order valence-electron chi connectivity index (χ4n) is 13.4. The highest BCUT2D eigenvalue weighted by molar-refractivity contribution is 5.90. The Morgan fingerprint density at radius 2 is 1.02 bits per heavy atom. The zero-order valence-electron chi connectivity index (χ0n) is 30.6. The van der Waals surface area contributed by atoms with Crippen LogP contribution >= 0.6 is 0 Å². The molecular weight excluding hydrogens is 639 g/mol. The molecule has 0 N–H and O–H groups in total. The van der Waals surface area contributed by atoms with Gasteiger partial charge in [0, 0.05) is 27.9 Å². The van der Waals surface area contributed by atoms with Crippen LogP contribution in [0.1, 0.15) is 86.5 Å². The molecule has 2 spiro atoms. The van der Waals surface area contributed by atoms with Gasteiger partial charge in [-0.3, -0.25) is 0 Å². The van der Waals surface area contributed by atoms with E-state index in [2.05, 4.69) is 144 Å². The highest BCUT2D eigenvalue weighted by Crippen LogP contribution is 2.68. The SMILES string of the molecule is c1ccc(-c2ccc(N(c3ccc4c(c3)-c3ccccc3C43CCCC3)c3ccc4c(c3)C3(c5ccccc5-4)C4CCC5CC(C4)CC3C5)cc2)cc1. The van der Waals surface area contributed by atoms with Gasteiger partial charge in [-0.2, -0.15) is 0 Å².